The molecular weight excluding hydrogens is 835 g/mol. The van der Waals surface area contributed by atoms with Gasteiger partial charge in [-0.15, -0.1) is 0 Å². The average molecular weight is 892 g/mol. The first-order valence-corrected chi connectivity index (χ1v) is 23.9. The predicted molar refractivity (Wildman–Crippen MR) is 249 cm³/mol. The second-order valence-electron chi connectivity index (χ2n) is 18.9. The molecule has 16 nitrogen and oxygen atoms in total. The molecule has 8 heterocycles. The average Bonchev–Trinajstić information content (AvgIpc) is 3.87. The van der Waals surface area contributed by atoms with Gasteiger partial charge in [0.25, 0.3) is 11.8 Å². The molecular formula is C50H57N11O5. The highest BCUT2D eigenvalue weighted by Crippen LogP contribution is 2.37. The van der Waals surface area contributed by atoms with Crippen molar-refractivity contribution in [2.24, 2.45) is 0 Å². The molecule has 6 aliphatic heterocycles. The minimum Gasteiger partial charge on any atom is -0.457 e. The van der Waals surface area contributed by atoms with Gasteiger partial charge in [0.05, 0.1) is 22.6 Å². The van der Waals surface area contributed by atoms with Crippen molar-refractivity contribution in [3.63, 3.8) is 0 Å². The first-order valence-electron chi connectivity index (χ1n) is 23.9. The van der Waals surface area contributed by atoms with Crippen LogP contribution in [0.15, 0.2) is 79.1 Å². The second-order valence-corrected chi connectivity index (χ2v) is 18.9. The van der Waals surface area contributed by atoms with E-state index in [9.17, 15) is 19.2 Å². The van der Waals surface area contributed by atoms with E-state index in [1.54, 1.807) is 12.4 Å². The van der Waals surface area contributed by atoms with Crippen LogP contribution in [0.3, 0.4) is 0 Å². The van der Waals surface area contributed by atoms with Crippen molar-refractivity contribution >= 4 is 46.2 Å². The van der Waals surface area contributed by atoms with Crippen molar-refractivity contribution in [3.05, 3.63) is 90.3 Å². The normalized spacial score (nSPS) is 22.6. The number of ether oxygens (including phenoxy) is 1. The number of rotatable bonds is 9. The molecule has 4 amide bonds. The van der Waals surface area contributed by atoms with E-state index in [0.717, 1.165) is 122 Å². The summed E-state index contributed by atoms with van der Waals surface area (Å²) in [5.74, 6) is 0.101. The maximum atomic E-state index is 13.4. The summed E-state index contributed by atoms with van der Waals surface area (Å²) in [7, 11) is 0. The maximum Gasteiger partial charge on any atom is 0.262 e. The Kier molecular flexibility index (Phi) is 11.5. The molecule has 1 unspecified atom stereocenters. The van der Waals surface area contributed by atoms with Crippen molar-refractivity contribution in [3.8, 4) is 22.8 Å². The fourth-order valence-corrected chi connectivity index (χ4v) is 11.6. The van der Waals surface area contributed by atoms with Crippen LogP contribution in [0.4, 0.5) is 11.5 Å². The zero-order valence-electron chi connectivity index (χ0n) is 37.3. The number of carbonyl (C=O) groups is 4. The molecule has 342 valence electrons. The van der Waals surface area contributed by atoms with Crippen molar-refractivity contribution in [1.82, 2.24) is 44.7 Å². The quantitative estimate of drug-likeness (QED) is 0.178. The smallest absolute Gasteiger partial charge is 0.262 e. The molecule has 6 aliphatic rings. The summed E-state index contributed by atoms with van der Waals surface area (Å²) in [6.45, 7) is 8.43. The van der Waals surface area contributed by atoms with Crippen LogP contribution in [0.5, 0.6) is 11.5 Å². The number of piperidine rings is 5. The van der Waals surface area contributed by atoms with Gasteiger partial charge in [0.15, 0.2) is 5.65 Å². The number of fused-ring (bicyclic) bond motifs is 2. The van der Waals surface area contributed by atoms with Gasteiger partial charge in [-0.3, -0.25) is 29.4 Å². The number of nitrogen functional groups attached to an aromatic ring is 1. The number of benzene rings is 3. The summed E-state index contributed by atoms with van der Waals surface area (Å²) >= 11 is 0. The SMILES string of the molecule is Nc1ncnc2c1c(-c1ccc(Oc3ccccc3)cc1)nn2C1CCN(C2CCN(C3CCN(C4CCN(c5ccc6c(c5)C(=O)N(C5CCC(=O)NC5=O)C6=O)CC4)CC3)CC2)CC1. The number of carbonyl (C=O) groups excluding carboxylic acids is 4. The summed E-state index contributed by atoms with van der Waals surface area (Å²) < 4.78 is 8.14. The van der Waals surface area contributed by atoms with Gasteiger partial charge < -0.3 is 30.1 Å². The number of nitrogens with one attached hydrogen (secondary N) is 1. The van der Waals surface area contributed by atoms with Crippen molar-refractivity contribution in [2.45, 2.75) is 94.4 Å². The molecule has 3 aromatic carbocycles. The molecule has 1 atom stereocenters. The van der Waals surface area contributed by atoms with Crippen molar-refractivity contribution in [1.29, 1.82) is 0 Å². The molecule has 0 aliphatic carbocycles. The zero-order valence-corrected chi connectivity index (χ0v) is 37.3. The van der Waals surface area contributed by atoms with Crippen LogP contribution in [0.25, 0.3) is 22.3 Å². The van der Waals surface area contributed by atoms with E-state index in [4.69, 9.17) is 20.6 Å². The lowest BCUT2D eigenvalue weighted by atomic mass is 9.93. The van der Waals surface area contributed by atoms with Crippen LogP contribution in [0.2, 0.25) is 0 Å². The Morgan fingerprint density at radius 1 is 0.606 bits per heavy atom. The third kappa shape index (κ3) is 8.08. The fourth-order valence-electron chi connectivity index (χ4n) is 11.6. The summed E-state index contributed by atoms with van der Waals surface area (Å²) in [4.78, 5) is 71.4. The van der Waals surface area contributed by atoms with Crippen LogP contribution < -0.4 is 20.7 Å². The van der Waals surface area contributed by atoms with Gasteiger partial charge in [0, 0.05) is 62.0 Å². The third-order valence-corrected chi connectivity index (χ3v) is 15.3. The molecule has 5 saturated heterocycles. The minimum absolute atomic E-state index is 0.106. The molecule has 16 heteroatoms. The molecule has 2 aromatic heterocycles. The summed E-state index contributed by atoms with van der Waals surface area (Å²) in [5, 5.41) is 8.24. The van der Waals surface area contributed by atoms with Crippen LogP contribution in [-0.2, 0) is 9.59 Å². The molecule has 5 fully saturated rings. The van der Waals surface area contributed by atoms with Gasteiger partial charge in [-0.2, -0.15) is 5.10 Å². The van der Waals surface area contributed by atoms with E-state index in [-0.39, 0.29) is 24.8 Å². The lowest BCUT2D eigenvalue weighted by Crippen LogP contribution is -2.54. The Labute approximate surface area is 384 Å². The number of hydrogen-bond acceptors (Lipinski definition) is 13. The maximum absolute atomic E-state index is 13.4. The van der Waals surface area contributed by atoms with Crippen LogP contribution in [0.1, 0.15) is 91.0 Å². The number of para-hydroxylation sites is 1. The molecule has 0 spiro atoms. The van der Waals surface area contributed by atoms with E-state index in [0.29, 0.717) is 35.1 Å². The predicted octanol–water partition coefficient (Wildman–Crippen LogP) is 5.50. The second kappa shape index (κ2) is 17.9. The number of anilines is 2. The lowest BCUT2D eigenvalue weighted by Gasteiger charge is -2.47. The topological polar surface area (TPSA) is 175 Å². The van der Waals surface area contributed by atoms with E-state index >= 15 is 0 Å². The fraction of sp³-hybridized carbons (Fsp3) is 0.460. The van der Waals surface area contributed by atoms with E-state index < -0.39 is 23.8 Å². The van der Waals surface area contributed by atoms with Gasteiger partial charge in [-0.1, -0.05) is 18.2 Å². The monoisotopic (exact) mass is 891 g/mol. The summed E-state index contributed by atoms with van der Waals surface area (Å²) in [6, 6.07) is 24.3. The van der Waals surface area contributed by atoms with Crippen LogP contribution >= 0.6 is 0 Å². The van der Waals surface area contributed by atoms with Crippen LogP contribution in [0, 0.1) is 0 Å². The molecule has 0 bridgehead atoms. The molecule has 0 saturated carbocycles. The highest BCUT2D eigenvalue weighted by Gasteiger charge is 2.45. The Hall–Kier alpha value is -6.23. The first kappa shape index (κ1) is 42.4. The largest absolute Gasteiger partial charge is 0.457 e. The minimum atomic E-state index is -0.957. The molecule has 66 heavy (non-hydrogen) atoms. The van der Waals surface area contributed by atoms with Gasteiger partial charge >= 0.3 is 0 Å². The number of amides is 4. The Balaban J connectivity index is 0.637. The van der Waals surface area contributed by atoms with Gasteiger partial charge in [0.1, 0.15) is 35.4 Å². The standard InChI is InChI=1S/C50H57N11O5/c51-46-44-45(32-6-9-39(10-7-32)66-38-4-2-1-3-5-38)55-61(47(44)53-31-52-46)36-20-28-58(29-21-36)34-16-24-56(25-17-34)33-14-22-57(23-15-33)35-18-26-59(27-19-35)37-8-11-40-41(30-37)50(65)60(49(40)64)42-12-13-43(62)54-48(42)63/h1-11,30-31,33-36,42H,12-29H2,(H2,51,52,53)(H,54,62,63). The Bertz CT molecular complexity index is 2620. The number of nitrogens with zero attached hydrogens (tertiary/aromatic N) is 9. The summed E-state index contributed by atoms with van der Waals surface area (Å²) in [5.41, 5.74) is 10.6. The first-order chi connectivity index (χ1) is 32.3. The highest BCUT2D eigenvalue weighted by atomic mass is 16.5. The number of likely N-dealkylation sites (tertiary alicyclic amines) is 3. The van der Waals surface area contributed by atoms with E-state index in [1.165, 1.54) is 25.7 Å². The van der Waals surface area contributed by atoms with Crippen LogP contribution in [-0.4, -0.2) is 140 Å². The summed E-state index contributed by atoms with van der Waals surface area (Å²) in [6.07, 6.45) is 10.8. The van der Waals surface area contributed by atoms with Crippen molar-refractivity contribution < 1.29 is 23.9 Å². The third-order valence-electron chi connectivity index (χ3n) is 15.3. The Morgan fingerprint density at radius 3 is 1.80 bits per heavy atom. The molecule has 3 N–H and O–H groups in total. The molecule has 11 rings (SSSR count). The van der Waals surface area contributed by atoms with E-state index in [1.807, 2.05) is 66.7 Å². The van der Waals surface area contributed by atoms with E-state index in [2.05, 4.69) is 34.6 Å². The van der Waals surface area contributed by atoms with Gasteiger partial charge in [-0.25, -0.2) is 14.6 Å². The zero-order chi connectivity index (χ0) is 44.9. The highest BCUT2D eigenvalue weighted by molar-refractivity contribution is 6.23. The number of aromatic nitrogens is 4. The van der Waals surface area contributed by atoms with Crippen molar-refractivity contribution in [2.75, 3.05) is 63.0 Å². The molecule has 5 aromatic rings. The van der Waals surface area contributed by atoms with Gasteiger partial charge in [0.2, 0.25) is 11.8 Å². The lowest BCUT2D eigenvalue weighted by molar-refractivity contribution is -0.136. The number of nitrogens with two attached hydrogens (primary N) is 1. The van der Waals surface area contributed by atoms with Gasteiger partial charge in [-0.05, 0) is 139 Å². The number of hydrogen-bond donors (Lipinski definition) is 2. The number of imide groups is 2. The molecule has 0 radical (unpaired) electrons. The Morgan fingerprint density at radius 2 is 1.18 bits per heavy atom.